The zero-order valence-corrected chi connectivity index (χ0v) is 14.5. The SMILES string of the molecule is COc1ccc(-c2nc(C(=O)NC[C@H]3CCCO3)cs2)cc1OC. The van der Waals surface area contributed by atoms with E-state index in [1.54, 1.807) is 19.6 Å². The van der Waals surface area contributed by atoms with Gasteiger partial charge in [-0.15, -0.1) is 11.3 Å². The molecule has 1 N–H and O–H groups in total. The van der Waals surface area contributed by atoms with Crippen LogP contribution >= 0.6 is 11.3 Å². The fourth-order valence-electron chi connectivity index (χ4n) is 2.58. The highest BCUT2D eigenvalue weighted by molar-refractivity contribution is 7.13. The molecule has 1 fully saturated rings. The van der Waals surface area contributed by atoms with Crippen LogP contribution in [0, 0.1) is 0 Å². The van der Waals surface area contributed by atoms with Gasteiger partial charge in [0.1, 0.15) is 10.7 Å². The smallest absolute Gasteiger partial charge is 0.270 e. The number of methoxy groups -OCH3 is 2. The molecular weight excluding hydrogens is 328 g/mol. The number of nitrogens with one attached hydrogen (secondary N) is 1. The number of hydrogen-bond donors (Lipinski definition) is 1. The zero-order valence-electron chi connectivity index (χ0n) is 13.7. The number of carbonyl (C=O) groups is 1. The predicted molar refractivity (Wildman–Crippen MR) is 92.0 cm³/mol. The Hall–Kier alpha value is -2.12. The summed E-state index contributed by atoms with van der Waals surface area (Å²) in [7, 11) is 3.19. The molecule has 3 rings (SSSR count). The minimum Gasteiger partial charge on any atom is -0.493 e. The third-order valence-electron chi connectivity index (χ3n) is 3.88. The first-order valence-electron chi connectivity index (χ1n) is 7.79. The van der Waals surface area contributed by atoms with Crippen molar-refractivity contribution in [1.82, 2.24) is 10.3 Å². The molecule has 0 bridgehead atoms. The largest absolute Gasteiger partial charge is 0.493 e. The molecule has 0 saturated carbocycles. The fraction of sp³-hybridized carbons (Fsp3) is 0.412. The molecular formula is C17H20N2O4S. The van der Waals surface area contributed by atoms with Crippen molar-refractivity contribution in [2.24, 2.45) is 0 Å². The molecule has 24 heavy (non-hydrogen) atoms. The third kappa shape index (κ3) is 3.68. The highest BCUT2D eigenvalue weighted by Crippen LogP contribution is 2.33. The van der Waals surface area contributed by atoms with E-state index in [0.29, 0.717) is 23.7 Å². The highest BCUT2D eigenvalue weighted by atomic mass is 32.1. The summed E-state index contributed by atoms with van der Waals surface area (Å²) in [6, 6.07) is 5.58. The van der Waals surface area contributed by atoms with Crippen LogP contribution in [0.25, 0.3) is 10.6 Å². The second-order valence-electron chi connectivity index (χ2n) is 5.45. The van der Waals surface area contributed by atoms with Gasteiger partial charge in [0.15, 0.2) is 11.5 Å². The first-order valence-corrected chi connectivity index (χ1v) is 8.67. The quantitative estimate of drug-likeness (QED) is 0.869. The summed E-state index contributed by atoms with van der Waals surface area (Å²) in [5.41, 5.74) is 1.30. The van der Waals surface area contributed by atoms with Crippen molar-refractivity contribution in [1.29, 1.82) is 0 Å². The Morgan fingerprint density at radius 3 is 2.92 bits per heavy atom. The van der Waals surface area contributed by atoms with Crippen molar-refractivity contribution in [2.45, 2.75) is 18.9 Å². The molecule has 1 saturated heterocycles. The Morgan fingerprint density at radius 1 is 1.38 bits per heavy atom. The van der Waals surface area contributed by atoms with Crippen LogP contribution in [0.15, 0.2) is 23.6 Å². The lowest BCUT2D eigenvalue weighted by molar-refractivity contribution is 0.0854. The maximum absolute atomic E-state index is 12.2. The summed E-state index contributed by atoms with van der Waals surface area (Å²) in [6.45, 7) is 1.31. The van der Waals surface area contributed by atoms with Gasteiger partial charge in [-0.2, -0.15) is 0 Å². The summed E-state index contributed by atoms with van der Waals surface area (Å²) in [5.74, 6) is 1.12. The van der Waals surface area contributed by atoms with Crippen molar-refractivity contribution in [3.8, 4) is 22.1 Å². The van der Waals surface area contributed by atoms with Crippen LogP contribution in [-0.4, -0.2) is 44.4 Å². The van der Waals surface area contributed by atoms with Crippen LogP contribution in [0.2, 0.25) is 0 Å². The van der Waals surface area contributed by atoms with Gasteiger partial charge >= 0.3 is 0 Å². The lowest BCUT2D eigenvalue weighted by Gasteiger charge is -2.09. The van der Waals surface area contributed by atoms with Gasteiger partial charge in [0.25, 0.3) is 5.91 Å². The van der Waals surface area contributed by atoms with Crippen molar-refractivity contribution < 1.29 is 19.0 Å². The number of benzene rings is 1. The monoisotopic (exact) mass is 348 g/mol. The molecule has 0 spiro atoms. The van der Waals surface area contributed by atoms with Crippen LogP contribution in [0.4, 0.5) is 0 Å². The molecule has 1 amide bonds. The van der Waals surface area contributed by atoms with Crippen molar-refractivity contribution in [3.63, 3.8) is 0 Å². The standard InChI is InChI=1S/C17H20N2O4S/c1-21-14-6-5-11(8-15(14)22-2)17-19-13(10-24-17)16(20)18-9-12-4-3-7-23-12/h5-6,8,10,12H,3-4,7,9H2,1-2H3,(H,18,20)/t12-/m1/s1. The predicted octanol–water partition coefficient (Wildman–Crippen LogP) is 2.74. The van der Waals surface area contributed by atoms with Crippen LogP contribution in [0.1, 0.15) is 23.3 Å². The van der Waals surface area contributed by atoms with E-state index in [9.17, 15) is 4.79 Å². The molecule has 128 valence electrons. The molecule has 2 aromatic rings. The van der Waals surface area contributed by atoms with Gasteiger partial charge in [0.2, 0.25) is 0 Å². The van der Waals surface area contributed by atoms with Crippen molar-refractivity contribution >= 4 is 17.2 Å². The molecule has 0 unspecified atom stereocenters. The first kappa shape index (κ1) is 16.7. The highest BCUT2D eigenvalue weighted by Gasteiger charge is 2.18. The Morgan fingerprint density at radius 2 is 2.21 bits per heavy atom. The van der Waals surface area contributed by atoms with Crippen LogP contribution in [0.3, 0.4) is 0 Å². The molecule has 1 aromatic carbocycles. The number of carbonyl (C=O) groups excluding carboxylic acids is 1. The van der Waals surface area contributed by atoms with Gasteiger partial charge in [-0.1, -0.05) is 0 Å². The number of amides is 1. The van der Waals surface area contributed by atoms with Gasteiger partial charge in [-0.3, -0.25) is 4.79 Å². The summed E-state index contributed by atoms with van der Waals surface area (Å²) < 4.78 is 16.0. The van der Waals surface area contributed by atoms with E-state index in [1.165, 1.54) is 11.3 Å². The van der Waals surface area contributed by atoms with Gasteiger partial charge in [-0.25, -0.2) is 4.98 Å². The van der Waals surface area contributed by atoms with Gasteiger partial charge in [0.05, 0.1) is 20.3 Å². The van der Waals surface area contributed by atoms with Crippen LogP contribution in [0.5, 0.6) is 11.5 Å². The summed E-state index contributed by atoms with van der Waals surface area (Å²) in [4.78, 5) is 16.6. The molecule has 2 heterocycles. The lowest BCUT2D eigenvalue weighted by atomic mass is 10.2. The topological polar surface area (TPSA) is 69.7 Å². The minimum absolute atomic E-state index is 0.123. The minimum atomic E-state index is -0.173. The van der Waals surface area contributed by atoms with E-state index in [1.807, 2.05) is 18.2 Å². The van der Waals surface area contributed by atoms with Crippen LogP contribution in [-0.2, 0) is 4.74 Å². The fourth-order valence-corrected chi connectivity index (χ4v) is 3.38. The Kier molecular flexibility index (Phi) is 5.32. The van der Waals surface area contributed by atoms with Gasteiger partial charge in [0, 0.05) is 24.1 Å². The molecule has 1 aromatic heterocycles. The molecule has 1 atom stereocenters. The number of hydrogen-bond acceptors (Lipinski definition) is 6. The third-order valence-corrected chi connectivity index (χ3v) is 4.77. The normalized spacial score (nSPS) is 16.8. The number of aromatic nitrogens is 1. The molecule has 6 nitrogen and oxygen atoms in total. The molecule has 0 aliphatic carbocycles. The lowest BCUT2D eigenvalue weighted by Crippen LogP contribution is -2.31. The molecule has 0 radical (unpaired) electrons. The number of rotatable bonds is 6. The average molecular weight is 348 g/mol. The number of nitrogens with zero attached hydrogens (tertiary/aromatic N) is 1. The second-order valence-corrected chi connectivity index (χ2v) is 6.31. The van der Waals surface area contributed by atoms with E-state index >= 15 is 0 Å². The van der Waals surface area contributed by atoms with E-state index in [4.69, 9.17) is 14.2 Å². The molecule has 1 aliphatic rings. The van der Waals surface area contributed by atoms with Gasteiger partial charge < -0.3 is 19.5 Å². The van der Waals surface area contributed by atoms with Crippen molar-refractivity contribution in [2.75, 3.05) is 27.4 Å². The molecule has 7 heteroatoms. The Balaban J connectivity index is 1.69. The summed E-state index contributed by atoms with van der Waals surface area (Å²) in [5, 5.41) is 5.41. The summed E-state index contributed by atoms with van der Waals surface area (Å²) >= 11 is 1.42. The van der Waals surface area contributed by atoms with E-state index in [-0.39, 0.29) is 12.0 Å². The van der Waals surface area contributed by atoms with E-state index in [0.717, 1.165) is 30.0 Å². The van der Waals surface area contributed by atoms with Crippen LogP contribution < -0.4 is 14.8 Å². The molecule has 1 aliphatic heterocycles. The van der Waals surface area contributed by atoms with E-state index in [2.05, 4.69) is 10.3 Å². The average Bonchev–Trinajstić information content (AvgIpc) is 3.30. The number of thiazole rings is 1. The number of ether oxygens (including phenoxy) is 3. The second kappa shape index (κ2) is 7.63. The zero-order chi connectivity index (χ0) is 16.9. The maximum atomic E-state index is 12.2. The first-order chi connectivity index (χ1) is 11.7. The van der Waals surface area contributed by atoms with Crippen molar-refractivity contribution in [3.05, 3.63) is 29.3 Å². The van der Waals surface area contributed by atoms with Gasteiger partial charge in [-0.05, 0) is 31.0 Å². The maximum Gasteiger partial charge on any atom is 0.270 e. The summed E-state index contributed by atoms with van der Waals surface area (Å²) in [6.07, 6.45) is 2.17. The Bertz CT molecular complexity index is 710. The Labute approximate surface area is 144 Å². The van der Waals surface area contributed by atoms with E-state index < -0.39 is 0 Å².